The van der Waals surface area contributed by atoms with E-state index in [0.717, 1.165) is 36.4 Å². The number of ether oxygens (including phenoxy) is 1. The van der Waals surface area contributed by atoms with E-state index in [1.54, 1.807) is 0 Å². The third-order valence-electron chi connectivity index (χ3n) is 4.14. The monoisotopic (exact) mass is 486 g/mol. The van der Waals surface area contributed by atoms with E-state index in [1.807, 2.05) is 25.6 Å². The Bertz CT molecular complexity index is 738. The molecule has 1 N–H and O–H groups in total. The Kier molecular flexibility index (Phi) is 9.54. The largest absolute Gasteiger partial charge is 0.492 e. The zero-order valence-corrected chi connectivity index (χ0v) is 19.4. The number of hydrogen-bond donors (Lipinski definition) is 1. The topological polar surface area (TPSA) is 67.6 Å². The molecule has 2 rings (SSSR count). The lowest BCUT2D eigenvalue weighted by Crippen LogP contribution is -2.40. The minimum Gasteiger partial charge on any atom is -0.492 e. The zero-order valence-electron chi connectivity index (χ0n) is 17.1. The molecule has 2 aromatic rings. The van der Waals surface area contributed by atoms with Crippen molar-refractivity contribution < 1.29 is 4.74 Å². The molecule has 0 saturated heterocycles. The molecule has 0 radical (unpaired) electrons. The second-order valence-electron chi connectivity index (χ2n) is 6.49. The summed E-state index contributed by atoms with van der Waals surface area (Å²) in [6, 6.07) is 6.26. The lowest BCUT2D eigenvalue weighted by Gasteiger charge is -2.22. The first-order valence-electron chi connectivity index (χ1n) is 8.96. The number of nitrogens with one attached hydrogen (secondary N) is 1. The van der Waals surface area contributed by atoms with Gasteiger partial charge < -0.3 is 19.5 Å². The van der Waals surface area contributed by atoms with E-state index >= 15 is 0 Å². The third kappa shape index (κ3) is 7.00. The van der Waals surface area contributed by atoms with Crippen molar-refractivity contribution in [2.24, 2.45) is 12.0 Å². The van der Waals surface area contributed by atoms with Gasteiger partial charge in [-0.15, -0.1) is 34.2 Å². The number of likely N-dealkylation sites (N-methyl/N-ethyl adjacent to an activating group) is 1. The van der Waals surface area contributed by atoms with Crippen LogP contribution in [0.5, 0.6) is 5.75 Å². The Morgan fingerprint density at radius 2 is 1.85 bits per heavy atom. The van der Waals surface area contributed by atoms with Gasteiger partial charge in [0, 0.05) is 20.6 Å². The highest BCUT2D eigenvalue weighted by atomic mass is 127. The highest BCUT2D eigenvalue weighted by molar-refractivity contribution is 14.0. The first kappa shape index (κ1) is 23.2. The fraction of sp³-hybridized carbons (Fsp3) is 0.526. The predicted molar refractivity (Wildman–Crippen MR) is 120 cm³/mol. The van der Waals surface area contributed by atoms with Crippen LogP contribution in [0.2, 0.25) is 0 Å². The van der Waals surface area contributed by atoms with Gasteiger partial charge in [0.1, 0.15) is 24.7 Å². The second-order valence-corrected chi connectivity index (χ2v) is 6.49. The van der Waals surface area contributed by atoms with Crippen LogP contribution in [0.15, 0.2) is 23.2 Å². The molecular weight excluding hydrogens is 455 g/mol. The normalized spacial score (nSPS) is 11.1. The van der Waals surface area contributed by atoms with E-state index in [-0.39, 0.29) is 24.0 Å². The van der Waals surface area contributed by atoms with E-state index in [2.05, 4.69) is 64.4 Å². The molecule has 0 aliphatic rings. The molecule has 0 spiro atoms. The van der Waals surface area contributed by atoms with Crippen molar-refractivity contribution >= 4 is 29.9 Å². The Balaban J connectivity index is 0.00000364. The van der Waals surface area contributed by atoms with Gasteiger partial charge in [-0.2, -0.15) is 0 Å². The lowest BCUT2D eigenvalue weighted by atomic mass is 10.1. The Morgan fingerprint density at radius 3 is 2.41 bits per heavy atom. The summed E-state index contributed by atoms with van der Waals surface area (Å²) in [5, 5.41) is 11.5. The summed E-state index contributed by atoms with van der Waals surface area (Å²) in [5.74, 6) is 3.47. The minimum atomic E-state index is 0. The number of halogens is 1. The van der Waals surface area contributed by atoms with E-state index in [0.29, 0.717) is 13.2 Å². The van der Waals surface area contributed by atoms with Gasteiger partial charge in [0.15, 0.2) is 11.8 Å². The van der Waals surface area contributed by atoms with Crippen LogP contribution >= 0.6 is 24.0 Å². The van der Waals surface area contributed by atoms with Crippen LogP contribution in [-0.2, 0) is 13.6 Å². The molecule has 150 valence electrons. The summed E-state index contributed by atoms with van der Waals surface area (Å²) in [4.78, 5) is 6.73. The molecule has 0 saturated carbocycles. The van der Waals surface area contributed by atoms with E-state index in [9.17, 15) is 0 Å². The van der Waals surface area contributed by atoms with Gasteiger partial charge in [-0.05, 0) is 51.0 Å². The fourth-order valence-corrected chi connectivity index (χ4v) is 2.63. The molecule has 0 unspecified atom stereocenters. The molecule has 27 heavy (non-hydrogen) atoms. The predicted octanol–water partition coefficient (Wildman–Crippen LogP) is 2.83. The molecule has 1 aromatic carbocycles. The molecule has 0 bridgehead atoms. The maximum absolute atomic E-state index is 5.90. The highest BCUT2D eigenvalue weighted by Gasteiger charge is 2.08. The van der Waals surface area contributed by atoms with Crippen molar-refractivity contribution in [3.63, 3.8) is 0 Å². The third-order valence-corrected chi connectivity index (χ3v) is 4.14. The van der Waals surface area contributed by atoms with Gasteiger partial charge in [0.25, 0.3) is 0 Å². The van der Waals surface area contributed by atoms with Gasteiger partial charge in [-0.3, -0.25) is 0 Å². The quantitative estimate of drug-likeness (QED) is 0.371. The molecule has 0 amide bonds. The number of benzene rings is 1. The number of hydrogen-bond acceptors (Lipinski definition) is 4. The van der Waals surface area contributed by atoms with Gasteiger partial charge in [-0.1, -0.05) is 6.07 Å². The van der Waals surface area contributed by atoms with Crippen LogP contribution < -0.4 is 10.1 Å². The van der Waals surface area contributed by atoms with Crippen molar-refractivity contribution in [3.05, 3.63) is 41.0 Å². The van der Waals surface area contributed by atoms with Crippen molar-refractivity contribution in [2.75, 3.05) is 26.7 Å². The molecule has 0 aliphatic heterocycles. The fourth-order valence-electron chi connectivity index (χ4n) is 2.63. The van der Waals surface area contributed by atoms with Crippen LogP contribution in [0.4, 0.5) is 0 Å². The Morgan fingerprint density at radius 1 is 1.19 bits per heavy atom. The van der Waals surface area contributed by atoms with Crippen LogP contribution in [0.25, 0.3) is 0 Å². The summed E-state index contributed by atoms with van der Waals surface area (Å²) in [6.07, 6.45) is 0. The lowest BCUT2D eigenvalue weighted by molar-refractivity contribution is 0.281. The van der Waals surface area contributed by atoms with Crippen LogP contribution in [0.1, 0.15) is 29.7 Å². The molecule has 8 heteroatoms. The smallest absolute Gasteiger partial charge is 0.194 e. The molecule has 1 aromatic heterocycles. The molecule has 7 nitrogen and oxygen atoms in total. The van der Waals surface area contributed by atoms with Crippen molar-refractivity contribution in [1.29, 1.82) is 0 Å². The molecular formula is C19H31IN6O. The maximum Gasteiger partial charge on any atom is 0.194 e. The van der Waals surface area contributed by atoms with E-state index < -0.39 is 0 Å². The average molecular weight is 486 g/mol. The van der Waals surface area contributed by atoms with Gasteiger partial charge in [0.05, 0.1) is 6.54 Å². The van der Waals surface area contributed by atoms with Crippen molar-refractivity contribution in [2.45, 2.75) is 34.2 Å². The number of aromatic nitrogens is 3. The van der Waals surface area contributed by atoms with Gasteiger partial charge in [0.2, 0.25) is 0 Å². The zero-order chi connectivity index (χ0) is 19.1. The van der Waals surface area contributed by atoms with E-state index in [4.69, 9.17) is 4.74 Å². The standard InChI is InChI=1S/C19H30N6O.HI/c1-7-20-19(21-13-18-23-22-16(4)25(18)6)24(5)8-9-26-17-11-14(2)10-15(3)12-17;/h10-12H,7-9,13H2,1-6H3,(H,20,21);1H. The minimum absolute atomic E-state index is 0. The summed E-state index contributed by atoms with van der Waals surface area (Å²) in [5.41, 5.74) is 2.42. The van der Waals surface area contributed by atoms with E-state index in [1.165, 1.54) is 11.1 Å². The molecule has 0 aliphatic carbocycles. The molecule has 0 atom stereocenters. The number of guanidine groups is 1. The second kappa shape index (κ2) is 11.1. The van der Waals surface area contributed by atoms with Crippen molar-refractivity contribution in [1.82, 2.24) is 25.0 Å². The Labute approximate surface area is 179 Å². The van der Waals surface area contributed by atoms with Crippen LogP contribution in [-0.4, -0.2) is 52.4 Å². The summed E-state index contributed by atoms with van der Waals surface area (Å²) in [7, 11) is 3.96. The first-order chi connectivity index (χ1) is 12.4. The maximum atomic E-state index is 5.90. The van der Waals surface area contributed by atoms with Gasteiger partial charge in [-0.25, -0.2) is 4.99 Å². The molecule has 0 fully saturated rings. The van der Waals surface area contributed by atoms with Crippen molar-refractivity contribution in [3.8, 4) is 5.75 Å². The average Bonchev–Trinajstić information content (AvgIpc) is 2.89. The Hall–Kier alpha value is -1.84. The summed E-state index contributed by atoms with van der Waals surface area (Å²) in [6.45, 7) is 10.8. The summed E-state index contributed by atoms with van der Waals surface area (Å²) >= 11 is 0. The number of aliphatic imine (C=N–C) groups is 1. The SMILES string of the molecule is CCNC(=NCc1nnc(C)n1C)N(C)CCOc1cc(C)cc(C)c1.I. The number of rotatable bonds is 7. The van der Waals surface area contributed by atoms with Crippen LogP contribution in [0, 0.1) is 20.8 Å². The van der Waals surface area contributed by atoms with Crippen LogP contribution in [0.3, 0.4) is 0 Å². The first-order valence-corrected chi connectivity index (χ1v) is 8.96. The number of aryl methyl sites for hydroxylation is 3. The molecule has 1 heterocycles. The van der Waals surface area contributed by atoms with Gasteiger partial charge >= 0.3 is 0 Å². The number of nitrogens with zero attached hydrogens (tertiary/aromatic N) is 5. The highest BCUT2D eigenvalue weighted by Crippen LogP contribution is 2.16. The summed E-state index contributed by atoms with van der Waals surface area (Å²) < 4.78 is 7.86.